The lowest BCUT2D eigenvalue weighted by molar-refractivity contribution is -0.126. The Bertz CT molecular complexity index is 960. The molecule has 0 bridgehead atoms. The number of hydrogen-bond donors (Lipinski definition) is 0. The highest BCUT2D eigenvalue weighted by molar-refractivity contribution is 6.30. The van der Waals surface area contributed by atoms with Gasteiger partial charge in [-0.3, -0.25) is 19.5 Å². The summed E-state index contributed by atoms with van der Waals surface area (Å²) in [7, 11) is 0. The third-order valence-corrected chi connectivity index (χ3v) is 6.20. The van der Waals surface area contributed by atoms with Crippen LogP contribution in [0.15, 0.2) is 48.7 Å². The van der Waals surface area contributed by atoms with Crippen LogP contribution in [-0.2, 0) is 4.79 Å². The molecule has 0 spiro atoms. The van der Waals surface area contributed by atoms with Crippen LogP contribution >= 0.6 is 11.6 Å². The van der Waals surface area contributed by atoms with Crippen LogP contribution in [0.5, 0.6) is 0 Å². The summed E-state index contributed by atoms with van der Waals surface area (Å²) >= 11 is 6.06. The van der Waals surface area contributed by atoms with E-state index in [9.17, 15) is 9.59 Å². The smallest absolute Gasteiger partial charge is 0.265 e. The van der Waals surface area contributed by atoms with Gasteiger partial charge >= 0.3 is 0 Å². The number of halogens is 1. The van der Waals surface area contributed by atoms with Crippen LogP contribution in [0, 0.1) is 0 Å². The molecule has 0 unspecified atom stereocenters. The summed E-state index contributed by atoms with van der Waals surface area (Å²) in [6.07, 6.45) is 12.1. The minimum Gasteiger partial charge on any atom is -0.339 e. The van der Waals surface area contributed by atoms with Gasteiger partial charge in [0.1, 0.15) is 5.69 Å². The average molecular weight is 468 g/mol. The maximum absolute atomic E-state index is 13.4. The van der Waals surface area contributed by atoms with Crippen LogP contribution in [0.25, 0.3) is 5.70 Å². The van der Waals surface area contributed by atoms with Gasteiger partial charge in [0.25, 0.3) is 5.91 Å². The van der Waals surface area contributed by atoms with Gasteiger partial charge in [-0.2, -0.15) is 0 Å². The molecule has 3 rings (SSSR count). The Labute approximate surface area is 202 Å². The van der Waals surface area contributed by atoms with Gasteiger partial charge in [-0.1, -0.05) is 64.0 Å². The van der Waals surface area contributed by atoms with E-state index in [1.807, 2.05) is 4.90 Å². The van der Waals surface area contributed by atoms with Crippen molar-refractivity contribution in [3.05, 3.63) is 65.0 Å². The molecule has 1 aliphatic rings. The second-order valence-corrected chi connectivity index (χ2v) is 8.93. The molecule has 0 saturated heterocycles. The molecule has 1 aliphatic heterocycles. The number of anilines is 1. The molecular weight excluding hydrogens is 434 g/mol. The lowest BCUT2D eigenvalue weighted by Crippen LogP contribution is -2.33. The highest BCUT2D eigenvalue weighted by Gasteiger charge is 2.35. The second kappa shape index (κ2) is 12.5. The van der Waals surface area contributed by atoms with Crippen molar-refractivity contribution in [3.8, 4) is 0 Å². The van der Waals surface area contributed by atoms with E-state index >= 15 is 0 Å². The minimum absolute atomic E-state index is 0.0664. The predicted molar refractivity (Wildman–Crippen MR) is 135 cm³/mol. The van der Waals surface area contributed by atoms with E-state index in [-0.39, 0.29) is 11.8 Å². The average Bonchev–Trinajstić information content (AvgIpc) is 3.10. The number of nitrogens with zero attached hydrogens (tertiary/aromatic N) is 3. The zero-order chi connectivity index (χ0) is 23.6. The Morgan fingerprint density at radius 1 is 0.970 bits per heavy atom. The first kappa shape index (κ1) is 25.0. The molecular formula is C27H34ClN3O2. The van der Waals surface area contributed by atoms with Gasteiger partial charge in [0.15, 0.2) is 0 Å². The van der Waals surface area contributed by atoms with Gasteiger partial charge < -0.3 is 4.90 Å². The maximum atomic E-state index is 13.4. The molecule has 0 saturated carbocycles. The van der Waals surface area contributed by atoms with Crippen LogP contribution in [-0.4, -0.2) is 34.8 Å². The molecule has 0 N–H and O–H groups in total. The van der Waals surface area contributed by atoms with Crippen LogP contribution < -0.4 is 4.90 Å². The SMILES string of the molecule is CCCCCCN(CCCCCC)C(=O)/C=C1\c2ncccc2C(=O)N1c1ccc(Cl)cc1. The summed E-state index contributed by atoms with van der Waals surface area (Å²) in [4.78, 5) is 34.6. The number of carbonyl (C=O) groups excluding carboxylic acids is 2. The van der Waals surface area contributed by atoms with Crippen molar-refractivity contribution in [2.75, 3.05) is 18.0 Å². The largest absolute Gasteiger partial charge is 0.339 e. The van der Waals surface area contributed by atoms with Gasteiger partial charge in [-0.25, -0.2) is 0 Å². The van der Waals surface area contributed by atoms with Gasteiger partial charge in [-0.05, 0) is 49.2 Å². The van der Waals surface area contributed by atoms with Crippen LogP contribution in [0.2, 0.25) is 5.02 Å². The summed E-state index contributed by atoms with van der Waals surface area (Å²) in [6.45, 7) is 5.84. The van der Waals surface area contributed by atoms with Gasteiger partial charge in [0.05, 0.1) is 11.3 Å². The van der Waals surface area contributed by atoms with E-state index in [2.05, 4.69) is 18.8 Å². The lowest BCUT2D eigenvalue weighted by Gasteiger charge is -2.23. The van der Waals surface area contributed by atoms with Crippen molar-refractivity contribution >= 4 is 34.8 Å². The number of unbranched alkanes of at least 4 members (excludes halogenated alkanes) is 6. The molecule has 0 fully saturated rings. The quantitative estimate of drug-likeness (QED) is 0.257. The fraction of sp³-hybridized carbons (Fsp3) is 0.444. The molecule has 176 valence electrons. The van der Waals surface area contributed by atoms with E-state index in [1.165, 1.54) is 12.8 Å². The zero-order valence-electron chi connectivity index (χ0n) is 19.7. The summed E-state index contributed by atoms with van der Waals surface area (Å²) in [5, 5.41) is 0.591. The predicted octanol–water partition coefficient (Wildman–Crippen LogP) is 6.73. The number of aromatic nitrogens is 1. The zero-order valence-corrected chi connectivity index (χ0v) is 20.5. The fourth-order valence-electron chi connectivity index (χ4n) is 4.10. The van der Waals surface area contributed by atoms with Gasteiger partial charge in [-0.15, -0.1) is 0 Å². The third kappa shape index (κ3) is 6.44. The molecule has 0 radical (unpaired) electrons. The number of pyridine rings is 1. The van der Waals surface area contributed by atoms with Crippen molar-refractivity contribution in [1.29, 1.82) is 0 Å². The number of fused-ring (bicyclic) bond motifs is 1. The van der Waals surface area contributed by atoms with E-state index in [4.69, 9.17) is 11.6 Å². The Balaban J connectivity index is 1.89. The number of amides is 2. The fourth-order valence-corrected chi connectivity index (χ4v) is 4.22. The topological polar surface area (TPSA) is 53.5 Å². The molecule has 2 heterocycles. The lowest BCUT2D eigenvalue weighted by atomic mass is 10.1. The van der Waals surface area contributed by atoms with Crippen molar-refractivity contribution in [3.63, 3.8) is 0 Å². The van der Waals surface area contributed by atoms with Gasteiger partial charge in [0, 0.05) is 36.1 Å². The van der Waals surface area contributed by atoms with E-state index in [0.717, 1.165) is 51.6 Å². The highest BCUT2D eigenvalue weighted by Crippen LogP contribution is 2.36. The number of hydrogen-bond acceptors (Lipinski definition) is 3. The first-order chi connectivity index (χ1) is 16.1. The molecule has 6 heteroatoms. The van der Waals surface area contributed by atoms with Crippen molar-refractivity contribution < 1.29 is 9.59 Å². The van der Waals surface area contributed by atoms with E-state index in [1.54, 1.807) is 53.6 Å². The molecule has 1 aromatic carbocycles. The summed E-state index contributed by atoms with van der Waals surface area (Å²) < 4.78 is 0. The molecule has 33 heavy (non-hydrogen) atoms. The second-order valence-electron chi connectivity index (χ2n) is 8.49. The molecule has 2 aromatic rings. The Morgan fingerprint density at radius 2 is 1.61 bits per heavy atom. The maximum Gasteiger partial charge on any atom is 0.265 e. The highest BCUT2D eigenvalue weighted by atomic mass is 35.5. The summed E-state index contributed by atoms with van der Waals surface area (Å²) in [5.74, 6) is -0.250. The molecule has 0 atom stereocenters. The molecule has 2 amide bonds. The van der Waals surface area contributed by atoms with Crippen LogP contribution in [0.3, 0.4) is 0 Å². The van der Waals surface area contributed by atoms with Crippen LogP contribution in [0.1, 0.15) is 81.3 Å². The number of carbonyl (C=O) groups is 2. The first-order valence-electron chi connectivity index (χ1n) is 12.1. The third-order valence-electron chi connectivity index (χ3n) is 5.94. The van der Waals surface area contributed by atoms with E-state index in [0.29, 0.717) is 27.7 Å². The summed E-state index contributed by atoms with van der Waals surface area (Å²) in [5.41, 5.74) is 2.24. The van der Waals surface area contributed by atoms with Crippen molar-refractivity contribution in [1.82, 2.24) is 9.88 Å². The van der Waals surface area contributed by atoms with Crippen molar-refractivity contribution in [2.24, 2.45) is 0 Å². The molecule has 0 aliphatic carbocycles. The normalized spacial score (nSPS) is 14.1. The minimum atomic E-state index is -0.183. The standard InChI is InChI=1S/C27H34ClN3O2/c1-3-5-7-9-18-30(19-10-8-6-4-2)25(32)20-24-26-23(12-11-17-29-26)27(33)31(24)22-15-13-21(28)14-16-22/h11-17,20H,3-10,18-19H2,1-2H3/b24-20+. The Morgan fingerprint density at radius 3 is 2.21 bits per heavy atom. The first-order valence-corrected chi connectivity index (χ1v) is 12.5. The molecule has 1 aromatic heterocycles. The Hall–Kier alpha value is -2.66. The number of rotatable bonds is 12. The van der Waals surface area contributed by atoms with E-state index < -0.39 is 0 Å². The Kier molecular flexibility index (Phi) is 9.49. The summed E-state index contributed by atoms with van der Waals surface area (Å²) in [6, 6.07) is 10.6. The van der Waals surface area contributed by atoms with Crippen LogP contribution in [0.4, 0.5) is 5.69 Å². The molecule has 5 nitrogen and oxygen atoms in total. The number of benzene rings is 1. The van der Waals surface area contributed by atoms with Crippen molar-refractivity contribution in [2.45, 2.75) is 65.2 Å². The monoisotopic (exact) mass is 467 g/mol. The van der Waals surface area contributed by atoms with Gasteiger partial charge in [0.2, 0.25) is 5.91 Å².